The third kappa shape index (κ3) is 3.19. The van der Waals surface area contributed by atoms with Crippen molar-refractivity contribution >= 4 is 17.4 Å². The van der Waals surface area contributed by atoms with Crippen LogP contribution < -0.4 is 15.8 Å². The predicted octanol–water partition coefficient (Wildman–Crippen LogP) is 1.85. The smallest absolute Gasteiger partial charge is 0.275 e. The minimum atomic E-state index is -0.552. The molecule has 104 valence electrons. The van der Waals surface area contributed by atoms with E-state index < -0.39 is 11.7 Å². The third-order valence-corrected chi connectivity index (χ3v) is 2.38. The van der Waals surface area contributed by atoms with Crippen LogP contribution in [0.15, 0.2) is 30.6 Å². The molecular weight excluding hydrogens is 263 g/mol. The van der Waals surface area contributed by atoms with Crippen molar-refractivity contribution in [2.45, 2.75) is 6.92 Å². The molecule has 0 atom stereocenters. The number of hydrogen-bond donors (Lipinski definition) is 2. The number of rotatable bonds is 4. The molecule has 2 aromatic rings. The van der Waals surface area contributed by atoms with Gasteiger partial charge < -0.3 is 15.8 Å². The molecule has 6 nitrogen and oxygen atoms in total. The fourth-order valence-electron chi connectivity index (χ4n) is 1.54. The van der Waals surface area contributed by atoms with Gasteiger partial charge in [-0.3, -0.25) is 9.78 Å². The van der Waals surface area contributed by atoms with Gasteiger partial charge in [-0.25, -0.2) is 9.37 Å². The summed E-state index contributed by atoms with van der Waals surface area (Å²) >= 11 is 0. The molecule has 1 heterocycles. The van der Waals surface area contributed by atoms with E-state index in [4.69, 9.17) is 10.5 Å². The van der Waals surface area contributed by atoms with E-state index in [2.05, 4.69) is 15.3 Å². The van der Waals surface area contributed by atoms with Crippen LogP contribution in [0, 0.1) is 5.82 Å². The van der Waals surface area contributed by atoms with Gasteiger partial charge in [0.25, 0.3) is 5.91 Å². The van der Waals surface area contributed by atoms with Gasteiger partial charge in [0.15, 0.2) is 11.6 Å². The first-order chi connectivity index (χ1) is 9.60. The highest BCUT2D eigenvalue weighted by atomic mass is 19.1. The molecule has 0 spiro atoms. The number of carbonyl (C=O) groups is 1. The van der Waals surface area contributed by atoms with Gasteiger partial charge in [0.1, 0.15) is 11.5 Å². The third-order valence-electron chi connectivity index (χ3n) is 2.38. The van der Waals surface area contributed by atoms with Gasteiger partial charge in [0.2, 0.25) is 0 Å². The van der Waals surface area contributed by atoms with Crippen molar-refractivity contribution in [3.05, 3.63) is 42.1 Å². The van der Waals surface area contributed by atoms with Crippen LogP contribution in [0.3, 0.4) is 0 Å². The molecule has 0 aliphatic heterocycles. The lowest BCUT2D eigenvalue weighted by Crippen LogP contribution is -2.15. The molecule has 1 aromatic carbocycles. The van der Waals surface area contributed by atoms with E-state index in [0.717, 1.165) is 0 Å². The topological polar surface area (TPSA) is 90.1 Å². The lowest BCUT2D eigenvalue weighted by atomic mass is 10.2. The molecule has 0 bridgehead atoms. The first kappa shape index (κ1) is 13.7. The van der Waals surface area contributed by atoms with Gasteiger partial charge >= 0.3 is 0 Å². The number of aromatic nitrogens is 2. The quantitative estimate of drug-likeness (QED) is 0.889. The molecule has 0 unspecified atom stereocenters. The molecule has 7 heteroatoms. The van der Waals surface area contributed by atoms with Gasteiger partial charge in [-0.1, -0.05) is 0 Å². The van der Waals surface area contributed by atoms with Crippen LogP contribution in [0.4, 0.5) is 15.9 Å². The second-order valence-corrected chi connectivity index (χ2v) is 3.86. The molecular formula is C13H13FN4O2. The summed E-state index contributed by atoms with van der Waals surface area (Å²) < 4.78 is 18.7. The number of nitrogen functional groups attached to an aromatic ring is 1. The van der Waals surface area contributed by atoms with E-state index in [0.29, 0.717) is 12.3 Å². The summed E-state index contributed by atoms with van der Waals surface area (Å²) in [5.74, 6) is -0.804. The fraction of sp³-hybridized carbons (Fsp3) is 0.154. The number of hydrogen-bond acceptors (Lipinski definition) is 5. The first-order valence-corrected chi connectivity index (χ1v) is 5.91. The molecule has 0 saturated heterocycles. The van der Waals surface area contributed by atoms with Gasteiger partial charge in [-0.2, -0.15) is 0 Å². The number of carbonyl (C=O) groups excluding carboxylic acids is 1. The number of nitrogens with zero attached hydrogens (tertiary/aromatic N) is 2. The maximum absolute atomic E-state index is 13.6. The monoisotopic (exact) mass is 276 g/mol. The van der Waals surface area contributed by atoms with Crippen LogP contribution in [0.25, 0.3) is 0 Å². The summed E-state index contributed by atoms with van der Waals surface area (Å²) in [4.78, 5) is 19.4. The van der Waals surface area contributed by atoms with Crippen molar-refractivity contribution in [1.29, 1.82) is 0 Å². The van der Waals surface area contributed by atoms with E-state index in [1.54, 1.807) is 6.92 Å². The Hall–Kier alpha value is -2.70. The van der Waals surface area contributed by atoms with E-state index in [-0.39, 0.29) is 17.3 Å². The number of nitrogens with one attached hydrogen (secondary N) is 1. The van der Waals surface area contributed by atoms with Gasteiger partial charge in [-0.05, 0) is 19.1 Å². The maximum Gasteiger partial charge on any atom is 0.275 e. The van der Waals surface area contributed by atoms with Crippen LogP contribution in [0.1, 0.15) is 17.4 Å². The van der Waals surface area contributed by atoms with Gasteiger partial charge in [0, 0.05) is 11.8 Å². The first-order valence-electron chi connectivity index (χ1n) is 5.91. The van der Waals surface area contributed by atoms with Crippen molar-refractivity contribution in [2.24, 2.45) is 0 Å². The fourth-order valence-corrected chi connectivity index (χ4v) is 1.54. The molecule has 20 heavy (non-hydrogen) atoms. The summed E-state index contributed by atoms with van der Waals surface area (Å²) in [6, 6.07) is 4.15. The molecule has 0 saturated carbocycles. The Bertz CT molecular complexity index is 634. The zero-order valence-electron chi connectivity index (χ0n) is 10.8. The lowest BCUT2D eigenvalue weighted by Gasteiger charge is -2.08. The molecule has 1 aromatic heterocycles. The highest BCUT2D eigenvalue weighted by Gasteiger charge is 2.10. The van der Waals surface area contributed by atoms with Crippen molar-refractivity contribution in [3.63, 3.8) is 0 Å². The summed E-state index contributed by atoms with van der Waals surface area (Å²) in [6.07, 6.45) is 2.60. The van der Waals surface area contributed by atoms with Crippen LogP contribution in [0.2, 0.25) is 0 Å². The standard InChI is InChI=1S/C13H13FN4O2/c1-2-20-11-4-3-8(5-9(11)14)17-13(19)10-6-16-7-12(15)18-10/h3-7H,2H2,1H3,(H2,15,18)(H,17,19). The van der Waals surface area contributed by atoms with Gasteiger partial charge in [0.05, 0.1) is 19.0 Å². The van der Waals surface area contributed by atoms with Crippen LogP contribution in [-0.4, -0.2) is 22.5 Å². The van der Waals surface area contributed by atoms with Crippen molar-refractivity contribution in [3.8, 4) is 5.75 Å². The second-order valence-electron chi connectivity index (χ2n) is 3.86. The van der Waals surface area contributed by atoms with Crippen LogP contribution >= 0.6 is 0 Å². The van der Waals surface area contributed by atoms with E-state index >= 15 is 0 Å². The molecule has 0 aliphatic rings. The minimum absolute atomic E-state index is 0.0549. The van der Waals surface area contributed by atoms with Crippen LogP contribution in [0.5, 0.6) is 5.75 Å². The van der Waals surface area contributed by atoms with Crippen molar-refractivity contribution < 1.29 is 13.9 Å². The Kier molecular flexibility index (Phi) is 4.09. The number of nitrogens with two attached hydrogens (primary N) is 1. The Morgan fingerprint density at radius 2 is 2.25 bits per heavy atom. The zero-order valence-corrected chi connectivity index (χ0v) is 10.8. The molecule has 3 N–H and O–H groups in total. The number of halogens is 1. The molecule has 2 rings (SSSR count). The SMILES string of the molecule is CCOc1ccc(NC(=O)c2cncc(N)n2)cc1F. The largest absolute Gasteiger partial charge is 0.491 e. The van der Waals surface area contributed by atoms with E-state index in [1.165, 1.54) is 30.6 Å². The van der Waals surface area contributed by atoms with E-state index in [1.807, 2.05) is 0 Å². The van der Waals surface area contributed by atoms with Gasteiger partial charge in [-0.15, -0.1) is 0 Å². The highest BCUT2D eigenvalue weighted by Crippen LogP contribution is 2.21. The van der Waals surface area contributed by atoms with Crippen molar-refractivity contribution in [1.82, 2.24) is 9.97 Å². The maximum atomic E-state index is 13.6. The predicted molar refractivity (Wildman–Crippen MR) is 72.0 cm³/mol. The molecule has 1 amide bonds. The summed E-state index contributed by atoms with van der Waals surface area (Å²) in [5.41, 5.74) is 5.78. The Morgan fingerprint density at radius 3 is 2.90 bits per heavy atom. The molecule has 0 radical (unpaired) electrons. The average molecular weight is 276 g/mol. The zero-order chi connectivity index (χ0) is 14.5. The Balaban J connectivity index is 2.14. The number of anilines is 2. The number of ether oxygens (including phenoxy) is 1. The summed E-state index contributed by atoms with van der Waals surface area (Å²) in [7, 11) is 0. The lowest BCUT2D eigenvalue weighted by molar-refractivity contribution is 0.102. The van der Waals surface area contributed by atoms with E-state index in [9.17, 15) is 9.18 Å². The highest BCUT2D eigenvalue weighted by molar-refractivity contribution is 6.02. The van der Waals surface area contributed by atoms with Crippen LogP contribution in [-0.2, 0) is 0 Å². The summed E-state index contributed by atoms with van der Waals surface area (Å²) in [5, 5.41) is 2.50. The Labute approximate surface area is 114 Å². The Morgan fingerprint density at radius 1 is 1.45 bits per heavy atom. The minimum Gasteiger partial charge on any atom is -0.491 e. The molecule has 0 fully saturated rings. The molecule has 0 aliphatic carbocycles. The normalized spacial score (nSPS) is 10.1. The second kappa shape index (κ2) is 5.96. The number of amides is 1. The summed E-state index contributed by atoms with van der Waals surface area (Å²) in [6.45, 7) is 2.12. The average Bonchev–Trinajstić information content (AvgIpc) is 2.42. The number of benzene rings is 1. The van der Waals surface area contributed by atoms with Crippen molar-refractivity contribution in [2.75, 3.05) is 17.7 Å².